The van der Waals surface area contributed by atoms with Crippen LogP contribution in [-0.4, -0.2) is 67.7 Å². The Morgan fingerprint density at radius 3 is 1.93 bits per heavy atom. The van der Waals surface area contributed by atoms with Gasteiger partial charge < -0.3 is 20.1 Å². The number of nitrogens with zero attached hydrogens (tertiary/aromatic N) is 5. The highest BCUT2D eigenvalue weighted by Gasteiger charge is 2.40. The predicted molar refractivity (Wildman–Crippen MR) is 166 cm³/mol. The predicted octanol–water partition coefficient (Wildman–Crippen LogP) is 5.92. The average molecular weight is 572 g/mol. The Hall–Kier alpha value is -5.05. The number of para-hydroxylation sites is 3. The van der Waals surface area contributed by atoms with E-state index in [-0.39, 0.29) is 17.2 Å². The SMILES string of the molecule is O=C(c1cccc(Nc2ccccc2)n1)N1CCC2(CC1)CCN(C(=O)c1cccc(-c3nc4ccccc4[nH]3)n1)CC2. The van der Waals surface area contributed by atoms with Gasteiger partial charge in [0.15, 0.2) is 5.82 Å². The van der Waals surface area contributed by atoms with Crippen LogP contribution in [0, 0.1) is 5.41 Å². The van der Waals surface area contributed by atoms with E-state index < -0.39 is 0 Å². The molecule has 0 radical (unpaired) electrons. The highest BCUT2D eigenvalue weighted by atomic mass is 16.2. The van der Waals surface area contributed by atoms with Crippen LogP contribution >= 0.6 is 0 Å². The van der Waals surface area contributed by atoms with Gasteiger partial charge in [-0.15, -0.1) is 0 Å². The van der Waals surface area contributed by atoms with Crippen LogP contribution in [0.3, 0.4) is 0 Å². The zero-order valence-corrected chi connectivity index (χ0v) is 23.9. The van der Waals surface area contributed by atoms with Gasteiger partial charge in [-0.3, -0.25) is 9.59 Å². The van der Waals surface area contributed by atoms with Crippen LogP contribution in [0.15, 0.2) is 91.0 Å². The molecule has 5 heterocycles. The van der Waals surface area contributed by atoms with Gasteiger partial charge in [0.2, 0.25) is 0 Å². The highest BCUT2D eigenvalue weighted by Crippen LogP contribution is 2.41. The van der Waals surface area contributed by atoms with Crippen molar-refractivity contribution >= 4 is 34.4 Å². The van der Waals surface area contributed by atoms with Gasteiger partial charge in [-0.2, -0.15) is 0 Å². The second-order valence-corrected chi connectivity index (χ2v) is 11.5. The molecule has 2 saturated heterocycles. The number of amides is 2. The molecule has 9 heteroatoms. The molecule has 2 N–H and O–H groups in total. The summed E-state index contributed by atoms with van der Waals surface area (Å²) in [5, 5.41) is 3.27. The minimum absolute atomic E-state index is 0.0328. The van der Waals surface area contributed by atoms with E-state index in [1.165, 1.54) is 0 Å². The van der Waals surface area contributed by atoms with Gasteiger partial charge in [-0.1, -0.05) is 42.5 Å². The molecule has 2 amide bonds. The van der Waals surface area contributed by atoms with Gasteiger partial charge in [0, 0.05) is 31.9 Å². The fourth-order valence-corrected chi connectivity index (χ4v) is 6.24. The number of likely N-dealkylation sites (tertiary alicyclic amines) is 2. The van der Waals surface area contributed by atoms with E-state index in [4.69, 9.17) is 0 Å². The van der Waals surface area contributed by atoms with Crippen LogP contribution < -0.4 is 5.32 Å². The molecule has 9 nitrogen and oxygen atoms in total. The molecular weight excluding hydrogens is 538 g/mol. The first-order valence-corrected chi connectivity index (χ1v) is 14.9. The van der Waals surface area contributed by atoms with E-state index >= 15 is 0 Å². The summed E-state index contributed by atoms with van der Waals surface area (Å²) >= 11 is 0. The maximum absolute atomic E-state index is 13.4. The number of H-pyrrole nitrogens is 1. The van der Waals surface area contributed by atoms with Crippen molar-refractivity contribution in [1.82, 2.24) is 29.7 Å². The number of rotatable bonds is 5. The third-order valence-electron chi connectivity index (χ3n) is 8.84. The second-order valence-electron chi connectivity index (χ2n) is 11.5. The number of aromatic nitrogens is 4. The quantitative estimate of drug-likeness (QED) is 0.271. The van der Waals surface area contributed by atoms with Gasteiger partial charge in [0.25, 0.3) is 11.8 Å². The number of hydrogen-bond acceptors (Lipinski definition) is 6. The molecule has 2 aliphatic heterocycles. The molecule has 0 bridgehead atoms. The van der Waals surface area contributed by atoms with Crippen molar-refractivity contribution < 1.29 is 9.59 Å². The normalized spacial score (nSPS) is 16.4. The summed E-state index contributed by atoms with van der Waals surface area (Å²) in [6.07, 6.45) is 3.72. The molecule has 3 aromatic heterocycles. The lowest BCUT2D eigenvalue weighted by Gasteiger charge is -2.46. The van der Waals surface area contributed by atoms with Crippen molar-refractivity contribution in [2.24, 2.45) is 5.41 Å². The molecule has 2 fully saturated rings. The van der Waals surface area contributed by atoms with Crippen molar-refractivity contribution in [1.29, 1.82) is 0 Å². The van der Waals surface area contributed by atoms with E-state index in [2.05, 4.69) is 25.3 Å². The Bertz CT molecular complexity index is 1730. The van der Waals surface area contributed by atoms with E-state index in [0.717, 1.165) is 42.4 Å². The molecule has 2 aromatic carbocycles. The number of anilines is 2. The maximum Gasteiger partial charge on any atom is 0.272 e. The molecule has 1 spiro atoms. The number of hydrogen-bond donors (Lipinski definition) is 2. The molecule has 2 aliphatic rings. The van der Waals surface area contributed by atoms with Gasteiger partial charge in [0.1, 0.15) is 22.9 Å². The molecule has 7 rings (SSSR count). The summed E-state index contributed by atoms with van der Waals surface area (Å²) in [6.45, 7) is 2.79. The van der Waals surface area contributed by atoms with Crippen LogP contribution in [0.4, 0.5) is 11.5 Å². The molecular formula is C34H33N7O2. The van der Waals surface area contributed by atoms with Gasteiger partial charge >= 0.3 is 0 Å². The van der Waals surface area contributed by atoms with Crippen molar-refractivity contribution in [3.05, 3.63) is 102 Å². The number of carbonyl (C=O) groups is 2. The number of aromatic amines is 1. The Kier molecular flexibility index (Phi) is 7.06. The lowest BCUT2D eigenvalue weighted by molar-refractivity contribution is 0.0276. The smallest absolute Gasteiger partial charge is 0.272 e. The molecule has 0 saturated carbocycles. The molecule has 43 heavy (non-hydrogen) atoms. The van der Waals surface area contributed by atoms with E-state index in [1.54, 1.807) is 12.1 Å². The van der Waals surface area contributed by atoms with Gasteiger partial charge in [-0.05, 0) is 79.6 Å². The monoisotopic (exact) mass is 571 g/mol. The van der Waals surface area contributed by atoms with Crippen molar-refractivity contribution in [2.45, 2.75) is 25.7 Å². The standard InChI is InChI=1S/C34H33N7O2/c42-32(28-13-6-12-27(36-28)31-38-25-10-4-5-11-26(25)39-31)40-20-16-34(17-21-40)18-22-41(23-19-34)33(43)29-14-7-15-30(37-29)35-24-8-2-1-3-9-24/h1-15H,16-23H2,(H,35,37)(H,38,39). The zero-order chi connectivity index (χ0) is 29.2. The summed E-state index contributed by atoms with van der Waals surface area (Å²) < 4.78 is 0. The van der Waals surface area contributed by atoms with E-state index in [1.807, 2.05) is 88.7 Å². The molecule has 0 unspecified atom stereocenters. The number of fused-ring (bicyclic) bond motifs is 1. The Labute approximate surface area is 250 Å². The number of pyridine rings is 2. The third-order valence-corrected chi connectivity index (χ3v) is 8.84. The summed E-state index contributed by atoms with van der Waals surface area (Å²) in [7, 11) is 0. The summed E-state index contributed by atoms with van der Waals surface area (Å²) in [6, 6.07) is 28.7. The largest absolute Gasteiger partial charge is 0.340 e. The van der Waals surface area contributed by atoms with Crippen molar-refractivity contribution in [3.8, 4) is 11.5 Å². The fraction of sp³-hybridized carbons (Fsp3) is 0.265. The maximum atomic E-state index is 13.4. The third kappa shape index (κ3) is 5.58. The Morgan fingerprint density at radius 2 is 1.26 bits per heavy atom. The first-order valence-electron chi connectivity index (χ1n) is 14.9. The molecule has 216 valence electrons. The number of benzene rings is 2. The van der Waals surface area contributed by atoms with Crippen molar-refractivity contribution in [3.63, 3.8) is 0 Å². The highest BCUT2D eigenvalue weighted by molar-refractivity contribution is 5.93. The second kappa shape index (κ2) is 11.3. The Morgan fingerprint density at radius 1 is 0.651 bits per heavy atom. The number of piperidine rings is 2. The van der Waals surface area contributed by atoms with Crippen LogP contribution in [0.2, 0.25) is 0 Å². The van der Waals surface area contributed by atoms with E-state index in [0.29, 0.717) is 54.9 Å². The number of nitrogens with one attached hydrogen (secondary N) is 2. The minimum atomic E-state index is -0.0458. The summed E-state index contributed by atoms with van der Waals surface area (Å²) in [4.78, 5) is 47.8. The van der Waals surface area contributed by atoms with Crippen LogP contribution in [0.1, 0.15) is 46.7 Å². The summed E-state index contributed by atoms with van der Waals surface area (Å²) in [5.74, 6) is 1.23. The van der Waals surface area contributed by atoms with Crippen molar-refractivity contribution in [2.75, 3.05) is 31.5 Å². The van der Waals surface area contributed by atoms with Crippen LogP contribution in [-0.2, 0) is 0 Å². The van der Waals surface area contributed by atoms with Crippen LogP contribution in [0.5, 0.6) is 0 Å². The number of carbonyl (C=O) groups excluding carboxylic acids is 2. The number of imidazole rings is 1. The first-order chi connectivity index (χ1) is 21.1. The fourth-order valence-electron chi connectivity index (χ4n) is 6.24. The molecule has 5 aromatic rings. The zero-order valence-electron chi connectivity index (χ0n) is 23.9. The lowest BCUT2D eigenvalue weighted by atomic mass is 9.71. The van der Waals surface area contributed by atoms with Crippen LogP contribution in [0.25, 0.3) is 22.6 Å². The summed E-state index contributed by atoms with van der Waals surface area (Å²) in [5.41, 5.74) is 4.44. The minimum Gasteiger partial charge on any atom is -0.340 e. The average Bonchev–Trinajstić information content (AvgIpc) is 3.50. The topological polar surface area (TPSA) is 107 Å². The van der Waals surface area contributed by atoms with E-state index in [9.17, 15) is 9.59 Å². The van der Waals surface area contributed by atoms with Gasteiger partial charge in [-0.25, -0.2) is 15.0 Å². The molecule has 0 atom stereocenters. The lowest BCUT2D eigenvalue weighted by Crippen LogP contribution is -2.49. The first kappa shape index (κ1) is 26.8. The van der Waals surface area contributed by atoms with Gasteiger partial charge in [0.05, 0.1) is 11.0 Å². The Balaban J connectivity index is 0.952. The molecule has 0 aliphatic carbocycles.